The molecule has 7 nitrogen and oxygen atoms in total. The molecular weight excluding hydrogens is 364 g/mol. The standard InChI is InChI=1S/C21H20O7/c1-4-25-14-5-7-15(8-6-14)28-19-12-26-18-11-16(9-10-17(18)20(19)22)27-13(2)21(23)24-3/h5-13H,4H2,1-3H3/t13-/m0/s1. The summed E-state index contributed by atoms with van der Waals surface area (Å²) in [6, 6.07) is 11.6. The zero-order valence-corrected chi connectivity index (χ0v) is 15.8. The van der Waals surface area contributed by atoms with E-state index in [1.807, 2.05) is 6.92 Å². The second-order valence-corrected chi connectivity index (χ2v) is 5.88. The summed E-state index contributed by atoms with van der Waals surface area (Å²) >= 11 is 0. The van der Waals surface area contributed by atoms with Gasteiger partial charge in [-0.25, -0.2) is 4.79 Å². The lowest BCUT2D eigenvalue weighted by atomic mass is 10.2. The molecule has 0 fully saturated rings. The van der Waals surface area contributed by atoms with Crippen LogP contribution in [0.4, 0.5) is 0 Å². The average Bonchev–Trinajstić information content (AvgIpc) is 2.71. The van der Waals surface area contributed by atoms with Gasteiger partial charge in [0, 0.05) is 6.07 Å². The number of hydrogen-bond donors (Lipinski definition) is 0. The van der Waals surface area contributed by atoms with Crippen LogP contribution in [0.25, 0.3) is 11.0 Å². The Bertz CT molecular complexity index is 1020. The highest BCUT2D eigenvalue weighted by Gasteiger charge is 2.16. The van der Waals surface area contributed by atoms with Gasteiger partial charge in [0.2, 0.25) is 11.2 Å². The third-order valence-corrected chi connectivity index (χ3v) is 3.92. The van der Waals surface area contributed by atoms with Crippen LogP contribution >= 0.6 is 0 Å². The minimum absolute atomic E-state index is 0.0632. The SMILES string of the molecule is CCOc1ccc(Oc2coc3cc(O[C@@H](C)C(=O)OC)ccc3c2=O)cc1. The third kappa shape index (κ3) is 4.25. The Morgan fingerprint density at radius 2 is 1.75 bits per heavy atom. The molecule has 0 N–H and O–H groups in total. The molecule has 28 heavy (non-hydrogen) atoms. The summed E-state index contributed by atoms with van der Waals surface area (Å²) in [5.41, 5.74) is 0.00121. The summed E-state index contributed by atoms with van der Waals surface area (Å²) in [5.74, 6) is 1.15. The number of rotatable bonds is 7. The zero-order valence-electron chi connectivity index (χ0n) is 15.8. The van der Waals surface area contributed by atoms with Gasteiger partial charge in [-0.05, 0) is 50.2 Å². The van der Waals surface area contributed by atoms with E-state index >= 15 is 0 Å². The average molecular weight is 384 g/mol. The van der Waals surface area contributed by atoms with Crippen LogP contribution in [0.15, 0.2) is 57.9 Å². The van der Waals surface area contributed by atoms with E-state index in [4.69, 9.17) is 18.6 Å². The van der Waals surface area contributed by atoms with Crippen LogP contribution in [0.1, 0.15) is 13.8 Å². The Morgan fingerprint density at radius 1 is 1.07 bits per heavy atom. The number of benzene rings is 2. The predicted octanol–water partition coefficient (Wildman–Crippen LogP) is 3.92. The lowest BCUT2D eigenvalue weighted by Gasteiger charge is -2.12. The fourth-order valence-corrected chi connectivity index (χ4v) is 2.55. The van der Waals surface area contributed by atoms with Crippen molar-refractivity contribution in [3.05, 3.63) is 59.0 Å². The van der Waals surface area contributed by atoms with Gasteiger partial charge in [-0.2, -0.15) is 0 Å². The van der Waals surface area contributed by atoms with Crippen LogP contribution in [-0.4, -0.2) is 25.8 Å². The summed E-state index contributed by atoms with van der Waals surface area (Å²) in [6.07, 6.45) is 0.464. The molecule has 0 saturated heterocycles. The summed E-state index contributed by atoms with van der Waals surface area (Å²) < 4.78 is 26.6. The second-order valence-electron chi connectivity index (χ2n) is 5.88. The maximum atomic E-state index is 12.7. The highest BCUT2D eigenvalue weighted by molar-refractivity contribution is 5.79. The number of carbonyl (C=O) groups excluding carboxylic acids is 1. The van der Waals surface area contributed by atoms with Crippen molar-refractivity contribution in [1.82, 2.24) is 0 Å². The molecule has 0 bridgehead atoms. The Kier molecular flexibility index (Phi) is 5.84. The molecule has 7 heteroatoms. The van der Waals surface area contributed by atoms with Crippen LogP contribution in [-0.2, 0) is 9.53 Å². The van der Waals surface area contributed by atoms with Crippen LogP contribution in [0.5, 0.6) is 23.0 Å². The highest BCUT2D eigenvalue weighted by Crippen LogP contribution is 2.25. The van der Waals surface area contributed by atoms with Crippen LogP contribution < -0.4 is 19.6 Å². The van der Waals surface area contributed by atoms with E-state index in [0.29, 0.717) is 34.8 Å². The molecule has 0 amide bonds. The van der Waals surface area contributed by atoms with Gasteiger partial charge in [-0.3, -0.25) is 4.79 Å². The quantitative estimate of drug-likeness (QED) is 0.571. The Labute approximate surface area is 161 Å². The Balaban J connectivity index is 1.82. The van der Waals surface area contributed by atoms with E-state index in [1.165, 1.54) is 19.4 Å². The number of carbonyl (C=O) groups is 1. The van der Waals surface area contributed by atoms with Crippen molar-refractivity contribution in [3.63, 3.8) is 0 Å². The lowest BCUT2D eigenvalue weighted by molar-refractivity contribution is -0.147. The van der Waals surface area contributed by atoms with Crippen molar-refractivity contribution in [2.24, 2.45) is 0 Å². The van der Waals surface area contributed by atoms with Crippen LogP contribution in [0.3, 0.4) is 0 Å². The molecule has 0 radical (unpaired) electrons. The molecule has 146 valence electrons. The molecule has 0 aliphatic rings. The minimum atomic E-state index is -0.781. The molecule has 0 spiro atoms. The number of fused-ring (bicyclic) bond motifs is 1. The highest BCUT2D eigenvalue weighted by atomic mass is 16.6. The first kappa shape index (κ1) is 19.3. The molecular formula is C21H20O7. The smallest absolute Gasteiger partial charge is 0.346 e. The first-order valence-electron chi connectivity index (χ1n) is 8.72. The molecule has 2 aromatic carbocycles. The lowest BCUT2D eigenvalue weighted by Crippen LogP contribution is -2.24. The van der Waals surface area contributed by atoms with Crippen molar-refractivity contribution < 1.29 is 28.2 Å². The van der Waals surface area contributed by atoms with Crippen molar-refractivity contribution in [2.75, 3.05) is 13.7 Å². The van der Waals surface area contributed by atoms with Crippen LogP contribution in [0.2, 0.25) is 0 Å². The van der Waals surface area contributed by atoms with Crippen molar-refractivity contribution in [3.8, 4) is 23.0 Å². The van der Waals surface area contributed by atoms with Gasteiger partial charge < -0.3 is 23.4 Å². The molecule has 3 aromatic rings. The monoisotopic (exact) mass is 384 g/mol. The first-order chi connectivity index (χ1) is 13.5. The summed E-state index contributed by atoms with van der Waals surface area (Å²) in [7, 11) is 1.29. The summed E-state index contributed by atoms with van der Waals surface area (Å²) in [5, 5.41) is 0.335. The minimum Gasteiger partial charge on any atom is -0.494 e. The molecule has 0 unspecified atom stereocenters. The van der Waals surface area contributed by atoms with Crippen molar-refractivity contribution in [1.29, 1.82) is 0 Å². The molecule has 1 aromatic heterocycles. The number of methoxy groups -OCH3 is 1. The summed E-state index contributed by atoms with van der Waals surface area (Å²) in [4.78, 5) is 24.1. The van der Waals surface area contributed by atoms with Gasteiger partial charge in [-0.15, -0.1) is 0 Å². The maximum absolute atomic E-state index is 12.7. The Morgan fingerprint density at radius 3 is 2.43 bits per heavy atom. The van der Waals surface area contributed by atoms with E-state index in [0.717, 1.165) is 0 Å². The summed E-state index contributed by atoms with van der Waals surface area (Å²) in [6.45, 7) is 4.04. The van der Waals surface area contributed by atoms with Gasteiger partial charge in [0.1, 0.15) is 29.1 Å². The van der Waals surface area contributed by atoms with Crippen LogP contribution in [0, 0.1) is 0 Å². The second kappa shape index (κ2) is 8.47. The normalized spacial score (nSPS) is 11.7. The first-order valence-corrected chi connectivity index (χ1v) is 8.72. The number of ether oxygens (including phenoxy) is 4. The number of hydrogen-bond acceptors (Lipinski definition) is 7. The van der Waals surface area contributed by atoms with Gasteiger partial charge in [0.25, 0.3) is 0 Å². The van der Waals surface area contributed by atoms with Gasteiger partial charge >= 0.3 is 5.97 Å². The Hall–Kier alpha value is -3.48. The number of esters is 1. The molecule has 1 heterocycles. The van der Waals surface area contributed by atoms with E-state index < -0.39 is 12.1 Å². The molecule has 3 rings (SSSR count). The maximum Gasteiger partial charge on any atom is 0.346 e. The largest absolute Gasteiger partial charge is 0.494 e. The van der Waals surface area contributed by atoms with Crippen molar-refractivity contribution in [2.45, 2.75) is 20.0 Å². The zero-order chi connectivity index (χ0) is 20.1. The van der Waals surface area contributed by atoms with Crippen molar-refractivity contribution >= 4 is 16.9 Å². The predicted molar refractivity (Wildman–Crippen MR) is 102 cm³/mol. The fraction of sp³-hybridized carbons (Fsp3) is 0.238. The van der Waals surface area contributed by atoms with Gasteiger partial charge in [0.05, 0.1) is 19.1 Å². The molecule has 1 atom stereocenters. The fourth-order valence-electron chi connectivity index (χ4n) is 2.55. The molecule has 0 aliphatic heterocycles. The van der Waals surface area contributed by atoms with E-state index in [9.17, 15) is 9.59 Å². The molecule has 0 aliphatic carbocycles. The van der Waals surface area contributed by atoms with Gasteiger partial charge in [-0.1, -0.05) is 0 Å². The third-order valence-electron chi connectivity index (χ3n) is 3.92. The van der Waals surface area contributed by atoms with E-state index in [1.54, 1.807) is 43.3 Å². The van der Waals surface area contributed by atoms with Gasteiger partial charge in [0.15, 0.2) is 6.10 Å². The topological polar surface area (TPSA) is 84.2 Å². The van der Waals surface area contributed by atoms with E-state index in [-0.39, 0.29) is 11.2 Å². The van der Waals surface area contributed by atoms with E-state index in [2.05, 4.69) is 4.74 Å². The molecule has 0 saturated carbocycles.